The number of anilines is 1. The smallest absolute Gasteiger partial charge is 0.265 e. The monoisotopic (exact) mass is 426 g/mol. The summed E-state index contributed by atoms with van der Waals surface area (Å²) < 4.78 is 16.3. The van der Waals surface area contributed by atoms with E-state index in [-0.39, 0.29) is 12.5 Å². The van der Waals surface area contributed by atoms with Crippen molar-refractivity contribution >= 4 is 17.6 Å². The lowest BCUT2D eigenvalue weighted by atomic mass is 10.2. The van der Waals surface area contributed by atoms with Gasteiger partial charge in [0.05, 0.1) is 19.9 Å². The number of fused-ring (bicyclic) bond motifs is 1. The topological polar surface area (TPSA) is 75.6 Å². The number of rotatable bonds is 8. The summed E-state index contributed by atoms with van der Waals surface area (Å²) in [7, 11) is 7.01. The van der Waals surface area contributed by atoms with Crippen LogP contribution in [0.2, 0.25) is 0 Å². The van der Waals surface area contributed by atoms with E-state index < -0.39 is 0 Å². The second-order valence-electron chi connectivity index (χ2n) is 7.16. The van der Waals surface area contributed by atoms with Gasteiger partial charge in [0.25, 0.3) is 5.91 Å². The predicted molar refractivity (Wildman–Crippen MR) is 121 cm³/mol. The molecule has 3 rings (SSSR count). The predicted octanol–water partition coefficient (Wildman–Crippen LogP) is 2.53. The molecule has 166 valence electrons. The van der Waals surface area contributed by atoms with E-state index in [1.54, 1.807) is 26.2 Å². The Bertz CT molecular complexity index is 932. The molecule has 31 heavy (non-hydrogen) atoms. The van der Waals surface area contributed by atoms with Crippen molar-refractivity contribution in [3.8, 4) is 17.2 Å². The highest BCUT2D eigenvalue weighted by Crippen LogP contribution is 2.31. The number of para-hydroxylation sites is 2. The highest BCUT2D eigenvalue weighted by molar-refractivity contribution is 5.97. The number of aliphatic imine (C=N–C) groups is 1. The molecule has 0 bridgehead atoms. The minimum Gasteiger partial charge on any atom is -0.497 e. The van der Waals surface area contributed by atoms with Gasteiger partial charge in [-0.05, 0) is 30.7 Å². The summed E-state index contributed by atoms with van der Waals surface area (Å²) in [6.45, 7) is 2.00. The summed E-state index contributed by atoms with van der Waals surface area (Å²) in [6, 6.07) is 13.4. The fourth-order valence-corrected chi connectivity index (χ4v) is 3.53. The normalized spacial score (nSPS) is 13.4. The summed E-state index contributed by atoms with van der Waals surface area (Å²) in [6.07, 6.45) is 0.777. The third-order valence-electron chi connectivity index (χ3n) is 5.12. The first-order chi connectivity index (χ1) is 15.1. The van der Waals surface area contributed by atoms with Crippen molar-refractivity contribution in [2.45, 2.75) is 13.0 Å². The fourth-order valence-electron chi connectivity index (χ4n) is 3.53. The van der Waals surface area contributed by atoms with Crippen LogP contribution in [0.15, 0.2) is 47.5 Å². The van der Waals surface area contributed by atoms with Crippen LogP contribution in [0.1, 0.15) is 12.0 Å². The van der Waals surface area contributed by atoms with E-state index in [2.05, 4.69) is 10.3 Å². The molecule has 8 nitrogen and oxygen atoms in total. The van der Waals surface area contributed by atoms with Gasteiger partial charge in [0.2, 0.25) is 0 Å². The van der Waals surface area contributed by atoms with Crippen LogP contribution >= 0.6 is 0 Å². The van der Waals surface area contributed by atoms with Gasteiger partial charge in [0.15, 0.2) is 12.6 Å². The van der Waals surface area contributed by atoms with Crippen molar-refractivity contribution in [3.05, 3.63) is 48.0 Å². The second-order valence-corrected chi connectivity index (χ2v) is 7.16. The van der Waals surface area contributed by atoms with E-state index in [1.807, 2.05) is 54.4 Å². The van der Waals surface area contributed by atoms with Gasteiger partial charge < -0.3 is 29.3 Å². The molecule has 2 aromatic rings. The Morgan fingerprint density at radius 3 is 2.77 bits per heavy atom. The molecule has 1 heterocycles. The van der Waals surface area contributed by atoms with Crippen molar-refractivity contribution in [2.75, 3.05) is 52.9 Å². The van der Waals surface area contributed by atoms with E-state index in [9.17, 15) is 4.79 Å². The van der Waals surface area contributed by atoms with Crippen LogP contribution < -0.4 is 24.4 Å². The number of amides is 1. The van der Waals surface area contributed by atoms with E-state index in [1.165, 1.54) is 0 Å². The van der Waals surface area contributed by atoms with Gasteiger partial charge in [0, 0.05) is 45.4 Å². The van der Waals surface area contributed by atoms with Gasteiger partial charge >= 0.3 is 0 Å². The average molecular weight is 427 g/mol. The van der Waals surface area contributed by atoms with Gasteiger partial charge in [-0.25, -0.2) is 0 Å². The van der Waals surface area contributed by atoms with E-state index >= 15 is 0 Å². The Labute approximate surface area is 183 Å². The molecule has 8 heteroatoms. The Kier molecular flexibility index (Phi) is 7.59. The van der Waals surface area contributed by atoms with Crippen molar-refractivity contribution in [3.63, 3.8) is 0 Å². The average Bonchev–Trinajstić information content (AvgIpc) is 2.80. The molecule has 1 amide bonds. The first-order valence-corrected chi connectivity index (χ1v) is 10.2. The molecule has 0 atom stereocenters. The van der Waals surface area contributed by atoms with Crippen molar-refractivity contribution < 1.29 is 19.0 Å². The summed E-state index contributed by atoms with van der Waals surface area (Å²) in [5, 5.41) is 3.37. The maximum Gasteiger partial charge on any atom is 0.265 e. The van der Waals surface area contributed by atoms with Crippen LogP contribution in [0, 0.1) is 0 Å². The number of hydrogen-bond donors (Lipinski definition) is 1. The van der Waals surface area contributed by atoms with E-state index in [0.29, 0.717) is 19.6 Å². The standard InChI is InChI=1S/C23H30N4O4/c1-24-23(26(2)15-17-10-11-18(29-3)14-21(17)30-4)25-12-7-13-27-19-8-5-6-9-20(19)31-16-22(27)28/h5-6,8-11,14H,7,12-13,15-16H2,1-4H3,(H,24,25). The molecule has 0 radical (unpaired) electrons. The van der Waals surface area contributed by atoms with Crippen molar-refractivity contribution in [1.82, 2.24) is 10.2 Å². The fraction of sp³-hybridized carbons (Fsp3) is 0.391. The number of nitrogens with zero attached hydrogens (tertiary/aromatic N) is 3. The molecule has 0 fully saturated rings. The van der Waals surface area contributed by atoms with E-state index in [4.69, 9.17) is 14.2 Å². The molecule has 2 aromatic carbocycles. The highest BCUT2D eigenvalue weighted by atomic mass is 16.5. The largest absolute Gasteiger partial charge is 0.497 e. The molecule has 0 aliphatic carbocycles. The van der Waals surface area contributed by atoms with Gasteiger partial charge in [-0.15, -0.1) is 0 Å². The summed E-state index contributed by atoms with van der Waals surface area (Å²) in [5.41, 5.74) is 1.86. The first kappa shape index (κ1) is 22.3. The van der Waals surface area contributed by atoms with Crippen molar-refractivity contribution in [2.24, 2.45) is 4.99 Å². The van der Waals surface area contributed by atoms with Gasteiger partial charge in [-0.3, -0.25) is 9.79 Å². The number of benzene rings is 2. The Morgan fingerprint density at radius 2 is 2.03 bits per heavy atom. The van der Waals surface area contributed by atoms with Crippen LogP contribution in [-0.4, -0.2) is 64.8 Å². The Hall–Kier alpha value is -3.42. The third kappa shape index (κ3) is 5.39. The van der Waals surface area contributed by atoms with Crippen LogP contribution in [0.5, 0.6) is 17.2 Å². The third-order valence-corrected chi connectivity index (χ3v) is 5.12. The minimum absolute atomic E-state index is 0.0215. The molecule has 0 saturated carbocycles. The van der Waals surface area contributed by atoms with Gasteiger partial charge in [-0.2, -0.15) is 0 Å². The molecule has 0 spiro atoms. The number of carbonyl (C=O) groups is 1. The van der Waals surface area contributed by atoms with Crippen LogP contribution in [0.4, 0.5) is 5.69 Å². The summed E-state index contributed by atoms with van der Waals surface area (Å²) in [5.74, 6) is 3.02. The minimum atomic E-state index is -0.0215. The number of hydrogen-bond acceptors (Lipinski definition) is 5. The zero-order valence-electron chi connectivity index (χ0n) is 18.6. The summed E-state index contributed by atoms with van der Waals surface area (Å²) in [4.78, 5) is 20.5. The van der Waals surface area contributed by atoms with Crippen LogP contribution in [-0.2, 0) is 11.3 Å². The lowest BCUT2D eigenvalue weighted by molar-refractivity contribution is -0.121. The lowest BCUT2D eigenvalue weighted by Gasteiger charge is -2.29. The zero-order chi connectivity index (χ0) is 22.2. The number of ether oxygens (including phenoxy) is 3. The Balaban J connectivity index is 1.54. The number of guanidine groups is 1. The molecule has 0 unspecified atom stereocenters. The number of nitrogens with one attached hydrogen (secondary N) is 1. The molecular formula is C23H30N4O4. The van der Waals surface area contributed by atoms with Crippen molar-refractivity contribution in [1.29, 1.82) is 0 Å². The molecule has 1 aliphatic heterocycles. The quantitative estimate of drug-likeness (QED) is 0.397. The molecular weight excluding hydrogens is 396 g/mol. The molecule has 1 N–H and O–H groups in total. The lowest BCUT2D eigenvalue weighted by Crippen LogP contribution is -2.42. The van der Waals surface area contributed by atoms with Gasteiger partial charge in [0.1, 0.15) is 17.2 Å². The van der Waals surface area contributed by atoms with Crippen LogP contribution in [0.3, 0.4) is 0 Å². The van der Waals surface area contributed by atoms with E-state index in [0.717, 1.165) is 40.9 Å². The maximum absolute atomic E-state index is 12.3. The Morgan fingerprint density at radius 1 is 1.23 bits per heavy atom. The zero-order valence-corrected chi connectivity index (χ0v) is 18.6. The first-order valence-electron chi connectivity index (χ1n) is 10.2. The highest BCUT2D eigenvalue weighted by Gasteiger charge is 2.24. The molecule has 0 saturated heterocycles. The SMILES string of the molecule is CN=C(NCCCN1C(=O)COc2ccccc21)N(C)Cc1ccc(OC)cc1OC. The summed E-state index contributed by atoms with van der Waals surface area (Å²) >= 11 is 0. The van der Waals surface area contributed by atoms with Gasteiger partial charge in [-0.1, -0.05) is 12.1 Å². The molecule has 1 aliphatic rings. The number of carbonyl (C=O) groups excluding carboxylic acids is 1. The second kappa shape index (κ2) is 10.6. The molecule has 0 aromatic heterocycles. The maximum atomic E-state index is 12.3. The van der Waals surface area contributed by atoms with Crippen LogP contribution in [0.25, 0.3) is 0 Å². The number of methoxy groups -OCH3 is 2.